The van der Waals surface area contributed by atoms with Crippen LogP contribution in [0.1, 0.15) is 72.0 Å². The van der Waals surface area contributed by atoms with Crippen molar-refractivity contribution in [2.45, 2.75) is 66.4 Å². The smallest absolute Gasteiger partial charge is 0.300 e. The summed E-state index contributed by atoms with van der Waals surface area (Å²) in [7, 11) is 1.62. The Morgan fingerprint density at radius 2 is 1.61 bits per heavy atom. The van der Waals surface area contributed by atoms with Crippen molar-refractivity contribution in [2.75, 3.05) is 7.11 Å². The number of hydrogen-bond donors (Lipinski definition) is 2. The first-order valence-electron chi connectivity index (χ1n) is 8.26. The van der Waals surface area contributed by atoms with Crippen molar-refractivity contribution in [1.29, 1.82) is 0 Å². The van der Waals surface area contributed by atoms with Crippen LogP contribution in [0, 0.1) is 5.92 Å². The second-order valence-corrected chi connectivity index (χ2v) is 5.86. The van der Waals surface area contributed by atoms with E-state index in [2.05, 4.69) is 20.8 Å². The highest BCUT2D eigenvalue weighted by atomic mass is 16.5. The van der Waals surface area contributed by atoms with Gasteiger partial charge in [0.15, 0.2) is 0 Å². The summed E-state index contributed by atoms with van der Waals surface area (Å²) in [6.45, 7) is 9.65. The van der Waals surface area contributed by atoms with Gasteiger partial charge in [0.1, 0.15) is 5.75 Å². The Morgan fingerprint density at radius 1 is 1.13 bits per heavy atom. The molecular formula is C19H34O4. The number of rotatable bonds is 6. The Bertz CT molecular complexity index is 379. The van der Waals surface area contributed by atoms with Gasteiger partial charge in [-0.3, -0.25) is 4.79 Å². The quantitative estimate of drug-likeness (QED) is 0.717. The maximum atomic E-state index is 9.15. The SMILES string of the molecule is CC(=O)O.CCCCCC(C)C.COc1ccc(C(C)O)cc1. The standard InChI is InChI=1S/C9H12O2.C8H18.C2H4O2/c1-7(10)8-3-5-9(11-2)6-4-8;1-4-5-6-7-8(2)3;1-2(3)4/h3-7,10H,1-2H3;8H,4-7H2,1-3H3;1H3,(H,3,4). The number of aliphatic hydroxyl groups excluding tert-OH is 1. The number of ether oxygens (including phenoxy) is 1. The zero-order valence-electron chi connectivity index (χ0n) is 15.5. The van der Waals surface area contributed by atoms with Crippen molar-refractivity contribution < 1.29 is 19.7 Å². The van der Waals surface area contributed by atoms with Crippen LogP contribution in [0.5, 0.6) is 5.75 Å². The molecule has 4 heteroatoms. The molecule has 2 N–H and O–H groups in total. The lowest BCUT2D eigenvalue weighted by atomic mass is 10.1. The molecule has 1 aromatic carbocycles. The van der Waals surface area contributed by atoms with Crippen LogP contribution >= 0.6 is 0 Å². The highest BCUT2D eigenvalue weighted by molar-refractivity contribution is 5.62. The fraction of sp³-hybridized carbons (Fsp3) is 0.632. The zero-order chi connectivity index (χ0) is 18.3. The van der Waals surface area contributed by atoms with Crippen molar-refractivity contribution >= 4 is 5.97 Å². The average molecular weight is 326 g/mol. The molecule has 0 aliphatic rings. The van der Waals surface area contributed by atoms with Gasteiger partial charge in [-0.15, -0.1) is 0 Å². The lowest BCUT2D eigenvalue weighted by Gasteiger charge is -2.04. The largest absolute Gasteiger partial charge is 0.497 e. The Morgan fingerprint density at radius 3 is 1.91 bits per heavy atom. The predicted molar refractivity (Wildman–Crippen MR) is 95.9 cm³/mol. The number of aliphatic hydroxyl groups is 1. The van der Waals surface area contributed by atoms with Crippen LogP contribution < -0.4 is 4.74 Å². The van der Waals surface area contributed by atoms with Crippen molar-refractivity contribution in [3.63, 3.8) is 0 Å². The van der Waals surface area contributed by atoms with Gasteiger partial charge >= 0.3 is 0 Å². The average Bonchev–Trinajstić information content (AvgIpc) is 2.47. The van der Waals surface area contributed by atoms with Gasteiger partial charge in [-0.25, -0.2) is 0 Å². The van der Waals surface area contributed by atoms with E-state index < -0.39 is 12.1 Å². The molecule has 4 nitrogen and oxygen atoms in total. The molecule has 0 radical (unpaired) electrons. The van der Waals surface area contributed by atoms with E-state index in [-0.39, 0.29) is 0 Å². The number of carbonyl (C=O) groups is 1. The number of hydrogen-bond acceptors (Lipinski definition) is 3. The fourth-order valence-corrected chi connectivity index (χ4v) is 1.69. The van der Waals surface area contributed by atoms with E-state index in [0.29, 0.717) is 0 Å². The molecule has 0 aliphatic heterocycles. The van der Waals surface area contributed by atoms with Gasteiger partial charge in [0, 0.05) is 6.92 Å². The van der Waals surface area contributed by atoms with Crippen LogP contribution in [-0.4, -0.2) is 23.3 Å². The van der Waals surface area contributed by atoms with E-state index in [1.165, 1.54) is 25.7 Å². The Kier molecular flexibility index (Phi) is 15.8. The molecule has 1 atom stereocenters. The number of carboxylic acid groups (broad SMARTS) is 1. The minimum absolute atomic E-state index is 0.402. The van der Waals surface area contributed by atoms with Crippen molar-refractivity contribution in [2.24, 2.45) is 5.92 Å². The molecule has 1 aromatic rings. The van der Waals surface area contributed by atoms with E-state index >= 15 is 0 Å². The van der Waals surface area contributed by atoms with E-state index in [9.17, 15) is 0 Å². The van der Waals surface area contributed by atoms with Gasteiger partial charge in [-0.2, -0.15) is 0 Å². The summed E-state index contributed by atoms with van der Waals surface area (Å²) in [5, 5.41) is 16.6. The zero-order valence-corrected chi connectivity index (χ0v) is 15.5. The summed E-state index contributed by atoms with van der Waals surface area (Å²) in [5.74, 6) is 0.885. The fourth-order valence-electron chi connectivity index (χ4n) is 1.69. The normalized spacial score (nSPS) is 10.8. The third-order valence-electron chi connectivity index (χ3n) is 2.98. The topological polar surface area (TPSA) is 66.8 Å². The first kappa shape index (κ1) is 23.7. The minimum Gasteiger partial charge on any atom is -0.497 e. The van der Waals surface area contributed by atoms with Gasteiger partial charge in [0.25, 0.3) is 5.97 Å². The van der Waals surface area contributed by atoms with E-state index in [0.717, 1.165) is 24.2 Å². The number of aliphatic carboxylic acids is 1. The second kappa shape index (κ2) is 15.3. The number of benzene rings is 1. The highest BCUT2D eigenvalue weighted by Gasteiger charge is 1.98. The highest BCUT2D eigenvalue weighted by Crippen LogP contribution is 2.16. The summed E-state index contributed by atoms with van der Waals surface area (Å²) >= 11 is 0. The predicted octanol–water partition coefficient (Wildman–Crippen LogP) is 5.06. The minimum atomic E-state index is -0.833. The van der Waals surface area contributed by atoms with Gasteiger partial charge in [-0.05, 0) is 30.5 Å². The molecule has 134 valence electrons. The molecule has 0 saturated carbocycles. The summed E-state index contributed by atoms with van der Waals surface area (Å²) in [5.41, 5.74) is 0.908. The van der Waals surface area contributed by atoms with Gasteiger partial charge in [0.05, 0.1) is 13.2 Å². The Hall–Kier alpha value is -1.55. The summed E-state index contributed by atoms with van der Waals surface area (Å²) < 4.78 is 4.97. The van der Waals surface area contributed by atoms with Gasteiger partial charge in [-0.1, -0.05) is 58.6 Å². The molecule has 0 heterocycles. The van der Waals surface area contributed by atoms with Gasteiger partial charge < -0.3 is 14.9 Å². The first-order chi connectivity index (χ1) is 10.7. The van der Waals surface area contributed by atoms with Crippen LogP contribution in [0.3, 0.4) is 0 Å². The van der Waals surface area contributed by atoms with Crippen molar-refractivity contribution in [3.8, 4) is 5.75 Å². The maximum Gasteiger partial charge on any atom is 0.300 e. The van der Waals surface area contributed by atoms with Crippen LogP contribution in [0.2, 0.25) is 0 Å². The summed E-state index contributed by atoms with van der Waals surface area (Å²) in [6.07, 6.45) is 5.20. The van der Waals surface area contributed by atoms with Crippen molar-refractivity contribution in [1.82, 2.24) is 0 Å². The number of carboxylic acids is 1. The number of unbranched alkanes of at least 4 members (excludes halogenated alkanes) is 2. The first-order valence-corrected chi connectivity index (χ1v) is 8.26. The molecule has 1 rings (SSSR count). The molecule has 1 unspecified atom stereocenters. The van der Waals surface area contributed by atoms with E-state index in [1.807, 2.05) is 24.3 Å². The summed E-state index contributed by atoms with van der Waals surface area (Å²) in [4.78, 5) is 9.00. The van der Waals surface area contributed by atoms with Crippen LogP contribution in [-0.2, 0) is 4.79 Å². The monoisotopic (exact) mass is 326 g/mol. The van der Waals surface area contributed by atoms with Crippen molar-refractivity contribution in [3.05, 3.63) is 29.8 Å². The second-order valence-electron chi connectivity index (χ2n) is 5.86. The van der Waals surface area contributed by atoms with Crippen LogP contribution in [0.15, 0.2) is 24.3 Å². The molecule has 0 aliphatic carbocycles. The Labute approximate surface area is 141 Å². The third kappa shape index (κ3) is 18.4. The van der Waals surface area contributed by atoms with Crippen LogP contribution in [0.25, 0.3) is 0 Å². The molecule has 0 fully saturated rings. The number of methoxy groups -OCH3 is 1. The molecule has 0 amide bonds. The van der Waals surface area contributed by atoms with E-state index in [1.54, 1.807) is 14.0 Å². The van der Waals surface area contributed by atoms with E-state index in [4.69, 9.17) is 19.7 Å². The van der Waals surface area contributed by atoms with Crippen LogP contribution in [0.4, 0.5) is 0 Å². The Balaban J connectivity index is 0. The lowest BCUT2D eigenvalue weighted by molar-refractivity contribution is -0.134. The molecule has 0 bridgehead atoms. The molecule has 23 heavy (non-hydrogen) atoms. The molecule has 0 spiro atoms. The maximum absolute atomic E-state index is 9.15. The third-order valence-corrected chi connectivity index (χ3v) is 2.98. The van der Waals surface area contributed by atoms with Gasteiger partial charge in [0.2, 0.25) is 0 Å². The molecule has 0 aromatic heterocycles. The summed E-state index contributed by atoms with van der Waals surface area (Å²) in [6, 6.07) is 7.37. The lowest BCUT2D eigenvalue weighted by Crippen LogP contribution is -1.90. The molecule has 0 saturated heterocycles. The molecular weight excluding hydrogens is 292 g/mol.